The first kappa shape index (κ1) is 19.6. The van der Waals surface area contributed by atoms with Gasteiger partial charge in [0, 0.05) is 49.9 Å². The number of nitrogens with one attached hydrogen (secondary N) is 2. The largest absolute Gasteiger partial charge is 0.381 e. The Hall–Kier alpha value is -2.67. The van der Waals surface area contributed by atoms with Crippen molar-refractivity contribution in [1.29, 1.82) is 0 Å². The molecule has 0 amide bonds. The highest BCUT2D eigenvalue weighted by molar-refractivity contribution is 5.92. The zero-order valence-electron chi connectivity index (χ0n) is 17.4. The number of fused-ring (bicyclic) bond motifs is 1. The molecule has 0 aliphatic carbocycles. The summed E-state index contributed by atoms with van der Waals surface area (Å²) in [5.74, 6) is 0. The second-order valence-corrected chi connectivity index (χ2v) is 8.63. The SMILES string of the molecule is C=C(NC1CCN(CC(C)(C)F)CC1)c1n[nH]c2ccc(-c3cnn(C)c3)cc12. The highest BCUT2D eigenvalue weighted by Crippen LogP contribution is 2.28. The van der Waals surface area contributed by atoms with Gasteiger partial charge in [0.25, 0.3) is 0 Å². The predicted molar refractivity (Wildman–Crippen MR) is 115 cm³/mol. The number of likely N-dealkylation sites (tertiary alicyclic amines) is 1. The van der Waals surface area contributed by atoms with Crippen LogP contribution in [0.25, 0.3) is 27.7 Å². The average Bonchev–Trinajstić information content (AvgIpc) is 3.27. The van der Waals surface area contributed by atoms with Gasteiger partial charge < -0.3 is 10.2 Å². The van der Waals surface area contributed by atoms with Crippen LogP contribution in [0.4, 0.5) is 4.39 Å². The number of hydrogen-bond acceptors (Lipinski definition) is 4. The van der Waals surface area contributed by atoms with Crippen molar-refractivity contribution in [3.63, 3.8) is 0 Å². The molecule has 3 aromatic rings. The van der Waals surface area contributed by atoms with Crippen LogP contribution in [0.15, 0.2) is 37.2 Å². The highest BCUT2D eigenvalue weighted by Gasteiger charge is 2.25. The highest BCUT2D eigenvalue weighted by atomic mass is 19.1. The molecule has 0 radical (unpaired) electrons. The van der Waals surface area contributed by atoms with E-state index >= 15 is 0 Å². The van der Waals surface area contributed by atoms with E-state index in [0.717, 1.165) is 59.4 Å². The van der Waals surface area contributed by atoms with E-state index < -0.39 is 5.67 Å². The van der Waals surface area contributed by atoms with Crippen molar-refractivity contribution in [3.8, 4) is 11.1 Å². The van der Waals surface area contributed by atoms with Gasteiger partial charge in [-0.05, 0) is 44.4 Å². The standard InChI is InChI=1S/C22H29FN6/c1-15(25-18-7-9-29(10-8-18)14-22(2,3)23)21-19-11-16(5-6-20(19)26-27-21)17-12-24-28(4)13-17/h5-6,11-13,18,25H,1,7-10,14H2,2-4H3,(H,26,27). The van der Waals surface area contributed by atoms with Gasteiger partial charge in [0.05, 0.1) is 17.4 Å². The molecule has 0 bridgehead atoms. The molecule has 1 saturated heterocycles. The third-order valence-electron chi connectivity index (χ3n) is 5.45. The van der Waals surface area contributed by atoms with Crippen LogP contribution >= 0.6 is 0 Å². The van der Waals surface area contributed by atoms with E-state index in [4.69, 9.17) is 0 Å². The van der Waals surface area contributed by atoms with Crippen molar-refractivity contribution in [2.24, 2.45) is 7.05 Å². The van der Waals surface area contributed by atoms with Crippen LogP contribution < -0.4 is 5.32 Å². The normalized spacial score (nSPS) is 16.4. The lowest BCUT2D eigenvalue weighted by atomic mass is 10.0. The smallest absolute Gasteiger partial charge is 0.118 e. The minimum Gasteiger partial charge on any atom is -0.381 e. The number of H-pyrrole nitrogens is 1. The van der Waals surface area contributed by atoms with E-state index in [2.05, 4.69) is 44.2 Å². The fourth-order valence-corrected chi connectivity index (χ4v) is 4.08. The zero-order valence-corrected chi connectivity index (χ0v) is 17.4. The van der Waals surface area contributed by atoms with Crippen LogP contribution in [0.1, 0.15) is 32.4 Å². The number of benzene rings is 1. The van der Waals surface area contributed by atoms with Crippen LogP contribution in [0.3, 0.4) is 0 Å². The van der Waals surface area contributed by atoms with E-state index in [1.54, 1.807) is 18.5 Å². The molecule has 154 valence electrons. The molecule has 0 atom stereocenters. The summed E-state index contributed by atoms with van der Waals surface area (Å²) in [6, 6.07) is 6.57. The summed E-state index contributed by atoms with van der Waals surface area (Å²) < 4.78 is 15.7. The van der Waals surface area contributed by atoms with Gasteiger partial charge in [0.1, 0.15) is 11.4 Å². The summed E-state index contributed by atoms with van der Waals surface area (Å²) in [5, 5.41) is 16.4. The van der Waals surface area contributed by atoms with Crippen molar-refractivity contribution >= 4 is 16.6 Å². The maximum atomic E-state index is 13.9. The lowest BCUT2D eigenvalue weighted by Gasteiger charge is -2.35. The molecular formula is C22H29FN6. The quantitative estimate of drug-likeness (QED) is 0.666. The third kappa shape index (κ3) is 4.50. The van der Waals surface area contributed by atoms with Crippen molar-refractivity contribution in [1.82, 2.24) is 30.2 Å². The maximum Gasteiger partial charge on any atom is 0.118 e. The lowest BCUT2D eigenvalue weighted by molar-refractivity contribution is 0.104. The van der Waals surface area contributed by atoms with Crippen molar-refractivity contribution in [2.75, 3.05) is 19.6 Å². The van der Waals surface area contributed by atoms with Crippen LogP contribution in [0, 0.1) is 0 Å². The maximum absolute atomic E-state index is 13.9. The Balaban J connectivity index is 1.45. The monoisotopic (exact) mass is 396 g/mol. The second-order valence-electron chi connectivity index (χ2n) is 8.63. The summed E-state index contributed by atoms with van der Waals surface area (Å²) in [4.78, 5) is 2.20. The number of alkyl halides is 1. The predicted octanol–water partition coefficient (Wildman–Crippen LogP) is 3.74. The molecular weight excluding hydrogens is 367 g/mol. The number of aromatic amines is 1. The summed E-state index contributed by atoms with van der Waals surface area (Å²) >= 11 is 0. The summed E-state index contributed by atoms with van der Waals surface area (Å²) in [7, 11) is 1.91. The Kier molecular flexibility index (Phi) is 5.17. The average molecular weight is 397 g/mol. The molecule has 2 aromatic heterocycles. The van der Waals surface area contributed by atoms with E-state index in [-0.39, 0.29) is 0 Å². The Morgan fingerprint density at radius 3 is 2.72 bits per heavy atom. The van der Waals surface area contributed by atoms with Gasteiger partial charge in [-0.25, -0.2) is 4.39 Å². The molecule has 0 saturated carbocycles. The lowest BCUT2D eigenvalue weighted by Crippen LogP contribution is -2.45. The Bertz CT molecular complexity index is 1000. The van der Waals surface area contributed by atoms with Gasteiger partial charge in [-0.2, -0.15) is 10.2 Å². The molecule has 7 heteroatoms. The Morgan fingerprint density at radius 2 is 2.07 bits per heavy atom. The van der Waals surface area contributed by atoms with Crippen molar-refractivity contribution in [2.45, 2.75) is 38.4 Å². The topological polar surface area (TPSA) is 61.8 Å². The van der Waals surface area contributed by atoms with Crippen LogP contribution in [-0.2, 0) is 7.05 Å². The molecule has 0 spiro atoms. The van der Waals surface area contributed by atoms with Gasteiger partial charge in [0.15, 0.2) is 0 Å². The first-order valence-corrected chi connectivity index (χ1v) is 10.1. The number of rotatable bonds is 6. The van der Waals surface area contributed by atoms with E-state index in [1.807, 2.05) is 25.5 Å². The van der Waals surface area contributed by atoms with Gasteiger partial charge in [-0.1, -0.05) is 12.6 Å². The first-order chi connectivity index (χ1) is 13.8. The minimum absolute atomic E-state index is 0.328. The van der Waals surface area contributed by atoms with E-state index in [1.165, 1.54) is 0 Å². The molecule has 1 aromatic carbocycles. The van der Waals surface area contributed by atoms with Gasteiger partial charge in [-0.15, -0.1) is 0 Å². The number of aromatic nitrogens is 4. The zero-order chi connectivity index (χ0) is 20.6. The number of piperidine rings is 1. The van der Waals surface area contributed by atoms with Gasteiger partial charge in [-0.3, -0.25) is 9.78 Å². The fourth-order valence-electron chi connectivity index (χ4n) is 4.08. The summed E-state index contributed by atoms with van der Waals surface area (Å²) in [6.45, 7) is 9.80. The Labute approximate surface area is 170 Å². The molecule has 1 aliphatic heterocycles. The first-order valence-electron chi connectivity index (χ1n) is 10.1. The molecule has 4 rings (SSSR count). The summed E-state index contributed by atoms with van der Waals surface area (Å²) in [5.41, 5.74) is 3.67. The van der Waals surface area contributed by atoms with Crippen molar-refractivity contribution < 1.29 is 4.39 Å². The minimum atomic E-state index is -1.15. The molecule has 1 aliphatic rings. The number of halogens is 1. The number of hydrogen-bond donors (Lipinski definition) is 2. The van der Waals surface area contributed by atoms with Gasteiger partial charge in [0.2, 0.25) is 0 Å². The van der Waals surface area contributed by atoms with Crippen LogP contribution in [-0.4, -0.2) is 56.2 Å². The molecule has 6 nitrogen and oxygen atoms in total. The molecule has 29 heavy (non-hydrogen) atoms. The molecule has 2 N–H and O–H groups in total. The number of nitrogens with zero attached hydrogens (tertiary/aromatic N) is 4. The van der Waals surface area contributed by atoms with Crippen LogP contribution in [0.5, 0.6) is 0 Å². The number of aryl methyl sites for hydroxylation is 1. The third-order valence-corrected chi connectivity index (χ3v) is 5.45. The Morgan fingerprint density at radius 1 is 1.31 bits per heavy atom. The fraction of sp³-hybridized carbons (Fsp3) is 0.455. The summed E-state index contributed by atoms with van der Waals surface area (Å²) in [6.07, 6.45) is 5.80. The van der Waals surface area contributed by atoms with Crippen molar-refractivity contribution in [3.05, 3.63) is 42.9 Å². The molecule has 0 unspecified atom stereocenters. The second kappa shape index (κ2) is 7.63. The van der Waals surface area contributed by atoms with E-state index in [9.17, 15) is 4.39 Å². The van der Waals surface area contributed by atoms with Gasteiger partial charge >= 0.3 is 0 Å². The van der Waals surface area contributed by atoms with Crippen LogP contribution in [0.2, 0.25) is 0 Å². The van der Waals surface area contributed by atoms with E-state index in [0.29, 0.717) is 12.6 Å². The molecule has 1 fully saturated rings. The molecule has 3 heterocycles.